The van der Waals surface area contributed by atoms with Gasteiger partial charge in [0.05, 0.1) is 18.6 Å². The van der Waals surface area contributed by atoms with Gasteiger partial charge in [-0.2, -0.15) is 5.10 Å². The van der Waals surface area contributed by atoms with E-state index in [4.69, 9.17) is 7.85 Å². The van der Waals surface area contributed by atoms with E-state index in [2.05, 4.69) is 5.10 Å². The van der Waals surface area contributed by atoms with E-state index in [0.29, 0.717) is 0 Å². The van der Waals surface area contributed by atoms with Crippen molar-refractivity contribution in [2.45, 2.75) is 37.8 Å². The third kappa shape index (κ3) is 2.39. The monoisotopic (exact) mass is 230 g/mol. The minimum absolute atomic E-state index is 0.130. The Bertz CT molecular complexity index is 344. The van der Waals surface area contributed by atoms with Gasteiger partial charge >= 0.3 is 0 Å². The van der Waals surface area contributed by atoms with Crippen molar-refractivity contribution >= 4 is 17.1 Å². The van der Waals surface area contributed by atoms with E-state index in [-0.39, 0.29) is 11.7 Å². The molecule has 0 amide bonds. The summed E-state index contributed by atoms with van der Waals surface area (Å²) in [7, 11) is 7.54. The Morgan fingerprint density at radius 1 is 1.53 bits per heavy atom. The number of hydrogen-bond acceptors (Lipinski definition) is 1. The second-order valence-corrected chi connectivity index (χ2v) is 4.94. The molecule has 0 aliphatic carbocycles. The van der Waals surface area contributed by atoms with Crippen LogP contribution in [0.5, 0.6) is 0 Å². The van der Waals surface area contributed by atoms with Crippen LogP contribution in [-0.2, 0) is 5.06 Å². The van der Waals surface area contributed by atoms with E-state index < -0.39 is 11.0 Å². The summed E-state index contributed by atoms with van der Waals surface area (Å²) in [6.45, 7) is 4.62. The van der Waals surface area contributed by atoms with Crippen LogP contribution in [0.15, 0.2) is 12.3 Å². The van der Waals surface area contributed by atoms with Gasteiger partial charge in [-0.15, -0.1) is 9.24 Å². The van der Waals surface area contributed by atoms with E-state index in [1.54, 1.807) is 10.9 Å². The lowest BCUT2D eigenvalue weighted by molar-refractivity contribution is 0.00314. The van der Waals surface area contributed by atoms with Crippen molar-refractivity contribution in [3.05, 3.63) is 18.0 Å². The van der Waals surface area contributed by atoms with Crippen molar-refractivity contribution in [1.82, 2.24) is 9.78 Å². The maximum Gasteiger partial charge on any atom is 0.251 e. The Kier molecular flexibility index (Phi) is 3.25. The van der Waals surface area contributed by atoms with Gasteiger partial charge in [0.25, 0.3) is 5.92 Å². The molecule has 1 heterocycles. The van der Waals surface area contributed by atoms with Gasteiger partial charge in [0.2, 0.25) is 0 Å². The fourth-order valence-electron chi connectivity index (χ4n) is 1.07. The van der Waals surface area contributed by atoms with E-state index >= 15 is 0 Å². The normalized spacial score (nSPS) is 16.7. The number of aromatic nitrogens is 2. The first-order valence-corrected chi connectivity index (χ1v) is 5.25. The van der Waals surface area contributed by atoms with Crippen molar-refractivity contribution in [1.29, 1.82) is 0 Å². The van der Waals surface area contributed by atoms with Gasteiger partial charge in [0.1, 0.15) is 0 Å². The maximum absolute atomic E-state index is 13.2. The largest absolute Gasteiger partial charge is 0.270 e. The van der Waals surface area contributed by atoms with Crippen LogP contribution in [0, 0.1) is 0 Å². The molecule has 82 valence electrons. The minimum atomic E-state index is -3.03. The van der Waals surface area contributed by atoms with Crippen LogP contribution >= 0.6 is 9.24 Å². The summed E-state index contributed by atoms with van der Waals surface area (Å²) < 4.78 is 28.0. The molecule has 2 atom stereocenters. The van der Waals surface area contributed by atoms with Crippen LogP contribution in [0.1, 0.15) is 32.5 Å². The summed E-state index contributed by atoms with van der Waals surface area (Å²) in [5, 5.41) is 2.23. The first kappa shape index (κ1) is 12.6. The molecule has 15 heavy (non-hydrogen) atoms. The summed E-state index contributed by atoms with van der Waals surface area (Å²) >= 11 is 0. The van der Waals surface area contributed by atoms with Crippen LogP contribution < -0.4 is 0 Å². The molecule has 0 aromatic carbocycles. The van der Waals surface area contributed by atoms with Crippen LogP contribution in [0.4, 0.5) is 8.78 Å². The average molecular weight is 230 g/mol. The Labute approximate surface area is 92.0 Å². The molecule has 0 aliphatic rings. The molecule has 2 nitrogen and oxygen atoms in total. The van der Waals surface area contributed by atoms with Crippen LogP contribution in [-0.4, -0.2) is 23.5 Å². The summed E-state index contributed by atoms with van der Waals surface area (Å²) in [6.07, 6.45) is 1.65. The number of nitrogens with zero attached hydrogens (tertiary/aromatic N) is 2. The zero-order valence-electron chi connectivity index (χ0n) is 9.04. The molecule has 0 saturated carbocycles. The quantitative estimate of drug-likeness (QED) is 0.575. The third-order valence-corrected chi connectivity index (χ3v) is 3.09. The molecule has 0 N–H and O–H groups in total. The first-order valence-electron chi connectivity index (χ1n) is 4.67. The van der Waals surface area contributed by atoms with Crippen LogP contribution in [0.2, 0.25) is 0 Å². The third-order valence-electron chi connectivity index (χ3n) is 2.29. The molecule has 1 aromatic heterocycles. The lowest BCUT2D eigenvalue weighted by Crippen LogP contribution is -2.38. The fraction of sp³-hybridized carbons (Fsp3) is 0.667. The molecule has 0 aliphatic heterocycles. The summed E-state index contributed by atoms with van der Waals surface area (Å²) in [5.41, 5.74) is 0.175. The van der Waals surface area contributed by atoms with Gasteiger partial charge in [-0.25, -0.2) is 8.78 Å². The highest BCUT2D eigenvalue weighted by atomic mass is 31.0. The minimum Gasteiger partial charge on any atom is -0.270 e. The molecule has 0 fully saturated rings. The van der Waals surface area contributed by atoms with Gasteiger partial charge in [0.15, 0.2) is 0 Å². The van der Waals surface area contributed by atoms with Gasteiger partial charge in [-0.3, -0.25) is 4.68 Å². The maximum atomic E-state index is 13.2. The molecular weight excluding hydrogens is 216 g/mol. The summed E-state index contributed by atoms with van der Waals surface area (Å²) in [5.74, 6) is -3.03. The average Bonchev–Trinajstić information content (AvgIpc) is 2.49. The van der Waals surface area contributed by atoms with Crippen LogP contribution in [0.25, 0.3) is 0 Å². The highest BCUT2D eigenvalue weighted by molar-refractivity contribution is 7.21. The van der Waals surface area contributed by atoms with Crippen molar-refractivity contribution < 1.29 is 8.78 Å². The molecular formula is C9H14BF2N2P. The molecule has 1 rings (SSSR count). The van der Waals surface area contributed by atoms with Crippen LogP contribution in [0.3, 0.4) is 0 Å². The molecule has 0 saturated heterocycles. The van der Waals surface area contributed by atoms with Gasteiger partial charge in [-0.05, 0) is 26.8 Å². The lowest BCUT2D eigenvalue weighted by Gasteiger charge is -2.29. The Morgan fingerprint density at radius 2 is 2.07 bits per heavy atom. The summed E-state index contributed by atoms with van der Waals surface area (Å²) in [4.78, 5) is 0. The van der Waals surface area contributed by atoms with Gasteiger partial charge in [-0.1, -0.05) is 0 Å². The first-order chi connectivity index (χ1) is 6.66. The summed E-state index contributed by atoms with van der Waals surface area (Å²) in [6, 6.07) is 1.65. The van der Waals surface area contributed by atoms with E-state index in [0.717, 1.165) is 6.92 Å². The van der Waals surface area contributed by atoms with E-state index in [1.165, 1.54) is 6.07 Å². The molecule has 0 spiro atoms. The number of hydrogen-bond donors (Lipinski definition) is 0. The predicted octanol–water partition coefficient (Wildman–Crippen LogP) is 2.32. The zero-order chi connectivity index (χ0) is 11.9. The molecule has 6 heteroatoms. The van der Waals surface area contributed by atoms with Gasteiger partial charge < -0.3 is 0 Å². The number of alkyl halides is 2. The Balaban J connectivity index is 3.06. The molecule has 0 bridgehead atoms. The Morgan fingerprint density at radius 3 is 2.40 bits per heavy atom. The fourth-order valence-corrected chi connectivity index (χ4v) is 1.23. The Hall–Kier alpha value is -0.435. The predicted molar refractivity (Wildman–Crippen MR) is 60.4 cm³/mol. The van der Waals surface area contributed by atoms with E-state index in [9.17, 15) is 8.78 Å². The SMILES string of the molecule is [B]C(P)(c1ccn(C(C)C)n1)C(C)(F)F. The molecule has 1 aromatic rings. The van der Waals surface area contributed by atoms with Crippen molar-refractivity contribution in [2.75, 3.05) is 0 Å². The second kappa shape index (κ2) is 3.86. The highest BCUT2D eigenvalue weighted by Gasteiger charge is 2.44. The van der Waals surface area contributed by atoms with E-state index in [1.807, 2.05) is 23.1 Å². The zero-order valence-corrected chi connectivity index (χ0v) is 10.2. The topological polar surface area (TPSA) is 17.8 Å². The van der Waals surface area contributed by atoms with Crippen molar-refractivity contribution in [3.8, 4) is 0 Å². The number of halogens is 2. The highest BCUT2D eigenvalue weighted by Crippen LogP contribution is 2.41. The standard InChI is InChI=1S/C9H14BF2N2P/c1-6(2)14-5-4-7(13-14)9(10,15)8(3,11)12/h4-6H,15H2,1-3H3. The molecule has 2 unspecified atom stereocenters. The second-order valence-electron chi connectivity index (χ2n) is 4.03. The smallest absolute Gasteiger partial charge is 0.251 e. The van der Waals surface area contributed by atoms with Crippen molar-refractivity contribution in [3.63, 3.8) is 0 Å². The lowest BCUT2D eigenvalue weighted by atomic mass is 9.78. The van der Waals surface area contributed by atoms with Gasteiger partial charge in [0, 0.05) is 12.2 Å². The number of rotatable bonds is 3. The molecule has 2 radical (unpaired) electrons. The van der Waals surface area contributed by atoms with Crippen molar-refractivity contribution in [2.24, 2.45) is 0 Å².